The van der Waals surface area contributed by atoms with Crippen LogP contribution in [0.1, 0.15) is 38.5 Å². The average Bonchev–Trinajstić information content (AvgIpc) is 2.52. The Bertz CT molecular complexity index is 280. The van der Waals surface area contributed by atoms with Crippen LogP contribution < -0.4 is 5.32 Å². The number of hydrogen-bond acceptors (Lipinski definition) is 2. The molecule has 1 aliphatic carbocycles. The van der Waals surface area contributed by atoms with Crippen molar-refractivity contribution in [2.45, 2.75) is 38.5 Å². The Labute approximate surface area is 89.0 Å². The molecular weight excluding hydrogens is 194 g/mol. The summed E-state index contributed by atoms with van der Waals surface area (Å²) in [6.07, 6.45) is 4.86. The third-order valence-corrected chi connectivity index (χ3v) is 3.83. The third kappa shape index (κ3) is 2.30. The number of carboxylic acid groups (broad SMARTS) is 1. The number of hydrogen-bond donors (Lipinski definition) is 2. The summed E-state index contributed by atoms with van der Waals surface area (Å²) < 4.78 is 0. The minimum Gasteiger partial charge on any atom is -0.481 e. The Balaban J connectivity index is 1.86. The number of amides is 1. The lowest BCUT2D eigenvalue weighted by Crippen LogP contribution is -2.30. The maximum absolute atomic E-state index is 11.2. The van der Waals surface area contributed by atoms with Crippen molar-refractivity contribution in [1.29, 1.82) is 0 Å². The summed E-state index contributed by atoms with van der Waals surface area (Å²) in [7, 11) is 0. The summed E-state index contributed by atoms with van der Waals surface area (Å²) in [6.45, 7) is 0.797. The van der Waals surface area contributed by atoms with Crippen LogP contribution in [0.3, 0.4) is 0 Å². The third-order valence-electron chi connectivity index (χ3n) is 3.83. The van der Waals surface area contributed by atoms with Crippen LogP contribution in [0, 0.1) is 11.3 Å². The molecule has 1 aliphatic heterocycles. The zero-order valence-corrected chi connectivity index (χ0v) is 8.79. The van der Waals surface area contributed by atoms with E-state index in [4.69, 9.17) is 5.11 Å². The van der Waals surface area contributed by atoms with Gasteiger partial charge in [-0.2, -0.15) is 0 Å². The molecule has 2 fully saturated rings. The van der Waals surface area contributed by atoms with E-state index in [1.807, 2.05) is 0 Å². The van der Waals surface area contributed by atoms with Crippen LogP contribution in [0.5, 0.6) is 0 Å². The normalized spacial score (nSPS) is 35.5. The Morgan fingerprint density at radius 1 is 1.47 bits per heavy atom. The molecule has 2 N–H and O–H groups in total. The van der Waals surface area contributed by atoms with Crippen molar-refractivity contribution in [1.82, 2.24) is 5.32 Å². The highest BCUT2D eigenvalue weighted by atomic mass is 16.4. The van der Waals surface area contributed by atoms with Gasteiger partial charge in [-0.3, -0.25) is 9.59 Å². The van der Waals surface area contributed by atoms with Gasteiger partial charge in [0.1, 0.15) is 0 Å². The molecule has 2 rings (SSSR count). The fraction of sp³-hybridized carbons (Fsp3) is 0.818. The molecule has 1 amide bonds. The highest BCUT2D eigenvalue weighted by Gasteiger charge is 2.41. The molecule has 2 aliphatic rings. The second kappa shape index (κ2) is 3.83. The number of nitrogens with one attached hydrogen (secondary N) is 1. The van der Waals surface area contributed by atoms with Gasteiger partial charge in [0, 0.05) is 19.4 Å². The van der Waals surface area contributed by atoms with Gasteiger partial charge in [-0.1, -0.05) is 0 Å². The molecule has 1 saturated heterocycles. The van der Waals surface area contributed by atoms with Gasteiger partial charge in [0.15, 0.2) is 0 Å². The van der Waals surface area contributed by atoms with E-state index in [9.17, 15) is 9.59 Å². The van der Waals surface area contributed by atoms with Crippen LogP contribution >= 0.6 is 0 Å². The molecule has 84 valence electrons. The summed E-state index contributed by atoms with van der Waals surface area (Å²) in [5, 5.41) is 11.6. The number of carboxylic acids is 1. The van der Waals surface area contributed by atoms with Gasteiger partial charge in [0.25, 0.3) is 0 Å². The lowest BCUT2D eigenvalue weighted by molar-refractivity contribution is -0.138. The summed E-state index contributed by atoms with van der Waals surface area (Å²) in [5.41, 5.74) is 0.159. The molecule has 4 heteroatoms. The highest BCUT2D eigenvalue weighted by Crippen LogP contribution is 2.44. The average molecular weight is 211 g/mol. The molecule has 0 radical (unpaired) electrons. The summed E-state index contributed by atoms with van der Waals surface area (Å²) >= 11 is 0. The first kappa shape index (κ1) is 10.5. The first-order valence-electron chi connectivity index (χ1n) is 5.58. The lowest BCUT2D eigenvalue weighted by atomic mass is 9.69. The van der Waals surface area contributed by atoms with E-state index in [-0.39, 0.29) is 17.7 Å². The van der Waals surface area contributed by atoms with Crippen LogP contribution in [0.2, 0.25) is 0 Å². The van der Waals surface area contributed by atoms with Crippen LogP contribution in [-0.2, 0) is 9.59 Å². The fourth-order valence-electron chi connectivity index (χ4n) is 2.85. The Morgan fingerprint density at radius 3 is 2.60 bits per heavy atom. The molecule has 0 aromatic rings. The topological polar surface area (TPSA) is 66.4 Å². The summed E-state index contributed by atoms with van der Waals surface area (Å²) in [4.78, 5) is 21.7. The first-order chi connectivity index (χ1) is 7.10. The highest BCUT2D eigenvalue weighted by molar-refractivity contribution is 5.79. The monoisotopic (exact) mass is 211 g/mol. The van der Waals surface area contributed by atoms with Gasteiger partial charge in [-0.05, 0) is 37.0 Å². The number of carbonyl (C=O) groups excluding carboxylic acids is 1. The van der Waals surface area contributed by atoms with Crippen molar-refractivity contribution in [2.75, 3.05) is 6.54 Å². The zero-order valence-electron chi connectivity index (χ0n) is 8.79. The SMILES string of the molecule is O=C(O)CC1CCC2(CC1)CNC(=O)C2. The molecule has 15 heavy (non-hydrogen) atoms. The molecular formula is C11H17NO3. The molecule has 1 spiro atoms. The van der Waals surface area contributed by atoms with Crippen molar-refractivity contribution >= 4 is 11.9 Å². The molecule has 1 saturated carbocycles. The molecule has 0 unspecified atom stereocenters. The molecule has 0 atom stereocenters. The maximum Gasteiger partial charge on any atom is 0.303 e. The van der Waals surface area contributed by atoms with Crippen LogP contribution in [0.4, 0.5) is 0 Å². The molecule has 0 aromatic carbocycles. The van der Waals surface area contributed by atoms with Crippen molar-refractivity contribution < 1.29 is 14.7 Å². The van der Waals surface area contributed by atoms with Gasteiger partial charge in [0.05, 0.1) is 0 Å². The molecule has 0 bridgehead atoms. The van der Waals surface area contributed by atoms with E-state index in [1.54, 1.807) is 0 Å². The molecule has 1 heterocycles. The summed E-state index contributed by atoms with van der Waals surface area (Å²) in [6, 6.07) is 0. The van der Waals surface area contributed by atoms with E-state index in [1.165, 1.54) is 0 Å². The van der Waals surface area contributed by atoms with Crippen LogP contribution in [0.15, 0.2) is 0 Å². The van der Waals surface area contributed by atoms with Gasteiger partial charge in [0.2, 0.25) is 5.91 Å². The largest absolute Gasteiger partial charge is 0.481 e. The van der Waals surface area contributed by atoms with Crippen molar-refractivity contribution in [3.63, 3.8) is 0 Å². The van der Waals surface area contributed by atoms with E-state index in [0.29, 0.717) is 12.3 Å². The minimum atomic E-state index is -0.698. The zero-order chi connectivity index (χ0) is 10.9. The van der Waals surface area contributed by atoms with E-state index >= 15 is 0 Å². The van der Waals surface area contributed by atoms with Gasteiger partial charge in [-0.25, -0.2) is 0 Å². The van der Waals surface area contributed by atoms with Crippen molar-refractivity contribution in [3.8, 4) is 0 Å². The minimum absolute atomic E-state index is 0.159. The standard InChI is InChI=1S/C11H17NO3/c13-9-6-11(7-12-9)3-1-8(2-4-11)5-10(14)15/h8H,1-7H2,(H,12,13)(H,14,15). The van der Waals surface area contributed by atoms with Gasteiger partial charge < -0.3 is 10.4 Å². The van der Waals surface area contributed by atoms with E-state index < -0.39 is 5.97 Å². The van der Waals surface area contributed by atoms with E-state index in [2.05, 4.69) is 5.32 Å². The van der Waals surface area contributed by atoms with Gasteiger partial charge in [-0.15, -0.1) is 0 Å². The number of rotatable bonds is 2. The Morgan fingerprint density at radius 2 is 2.13 bits per heavy atom. The lowest BCUT2D eigenvalue weighted by Gasteiger charge is -2.35. The smallest absolute Gasteiger partial charge is 0.303 e. The molecule has 4 nitrogen and oxygen atoms in total. The van der Waals surface area contributed by atoms with Crippen LogP contribution in [-0.4, -0.2) is 23.5 Å². The maximum atomic E-state index is 11.2. The Kier molecular flexibility index (Phi) is 2.67. The van der Waals surface area contributed by atoms with Crippen molar-refractivity contribution in [3.05, 3.63) is 0 Å². The van der Waals surface area contributed by atoms with Gasteiger partial charge >= 0.3 is 5.97 Å². The van der Waals surface area contributed by atoms with Crippen molar-refractivity contribution in [2.24, 2.45) is 11.3 Å². The quantitative estimate of drug-likeness (QED) is 0.720. The first-order valence-corrected chi connectivity index (χ1v) is 5.58. The molecule has 0 aromatic heterocycles. The van der Waals surface area contributed by atoms with Crippen LogP contribution in [0.25, 0.3) is 0 Å². The second-order valence-corrected chi connectivity index (χ2v) is 4.99. The predicted molar refractivity (Wildman–Crippen MR) is 54.3 cm³/mol. The predicted octanol–water partition coefficient (Wildman–Crippen LogP) is 1.16. The van der Waals surface area contributed by atoms with E-state index in [0.717, 1.165) is 32.2 Å². The number of aliphatic carboxylic acids is 1. The second-order valence-electron chi connectivity index (χ2n) is 4.99. The number of carbonyl (C=O) groups is 2. The summed E-state index contributed by atoms with van der Waals surface area (Å²) in [5.74, 6) is -0.216. The Hall–Kier alpha value is -1.06. The fourth-order valence-corrected chi connectivity index (χ4v) is 2.85.